The summed E-state index contributed by atoms with van der Waals surface area (Å²) in [5.74, 6) is 0. The van der Waals surface area contributed by atoms with Gasteiger partial charge in [0, 0.05) is 32.3 Å². The molecule has 2 amide bonds. The molecule has 5 heteroatoms. The molecule has 2 N–H and O–H groups in total. The number of urea groups is 1. The molecular formula is C12H25N3O2. The number of hydrogen-bond acceptors (Lipinski definition) is 3. The number of carbonyl (C=O) groups is 1. The van der Waals surface area contributed by atoms with E-state index in [1.807, 2.05) is 6.92 Å². The zero-order valence-corrected chi connectivity index (χ0v) is 11.3. The lowest BCUT2D eigenvalue weighted by Crippen LogP contribution is -2.47. The first-order chi connectivity index (χ1) is 8.02. The molecule has 1 heterocycles. The Morgan fingerprint density at radius 1 is 1.47 bits per heavy atom. The van der Waals surface area contributed by atoms with E-state index in [0.717, 1.165) is 19.5 Å². The van der Waals surface area contributed by atoms with Crippen molar-refractivity contribution >= 4 is 6.03 Å². The van der Waals surface area contributed by atoms with Crippen LogP contribution in [0.4, 0.5) is 4.79 Å². The summed E-state index contributed by atoms with van der Waals surface area (Å²) in [5.41, 5.74) is 0. The lowest BCUT2D eigenvalue weighted by Gasteiger charge is -2.21. The number of carbonyl (C=O) groups excluding carboxylic acids is 1. The van der Waals surface area contributed by atoms with Gasteiger partial charge in [-0.15, -0.1) is 0 Å². The van der Waals surface area contributed by atoms with E-state index < -0.39 is 0 Å². The van der Waals surface area contributed by atoms with E-state index >= 15 is 0 Å². The van der Waals surface area contributed by atoms with Gasteiger partial charge in [0.05, 0.1) is 12.6 Å². The van der Waals surface area contributed by atoms with Crippen LogP contribution < -0.4 is 10.6 Å². The van der Waals surface area contributed by atoms with Gasteiger partial charge in [0.25, 0.3) is 0 Å². The SMILES string of the molecule is COCC(C)NC(=O)NC1CCN(C(C)C)C1. The van der Waals surface area contributed by atoms with E-state index in [1.54, 1.807) is 7.11 Å². The van der Waals surface area contributed by atoms with E-state index in [0.29, 0.717) is 12.6 Å². The molecule has 1 aliphatic rings. The van der Waals surface area contributed by atoms with Gasteiger partial charge in [0.15, 0.2) is 0 Å². The number of ether oxygens (including phenoxy) is 1. The van der Waals surface area contributed by atoms with E-state index in [-0.39, 0.29) is 18.1 Å². The molecule has 2 atom stereocenters. The second-order valence-electron chi connectivity index (χ2n) is 5.05. The van der Waals surface area contributed by atoms with Crippen molar-refractivity contribution in [1.29, 1.82) is 0 Å². The topological polar surface area (TPSA) is 53.6 Å². The van der Waals surface area contributed by atoms with Crippen molar-refractivity contribution in [3.05, 3.63) is 0 Å². The van der Waals surface area contributed by atoms with Gasteiger partial charge in [0.2, 0.25) is 0 Å². The predicted molar refractivity (Wildman–Crippen MR) is 68.1 cm³/mol. The summed E-state index contributed by atoms with van der Waals surface area (Å²) in [5, 5.41) is 5.86. The molecular weight excluding hydrogens is 218 g/mol. The van der Waals surface area contributed by atoms with Gasteiger partial charge < -0.3 is 15.4 Å². The Kier molecular flexibility index (Phi) is 5.71. The first-order valence-corrected chi connectivity index (χ1v) is 6.33. The third kappa shape index (κ3) is 4.91. The average Bonchev–Trinajstić information content (AvgIpc) is 2.66. The number of nitrogens with one attached hydrogen (secondary N) is 2. The predicted octanol–water partition coefficient (Wildman–Crippen LogP) is 0.803. The van der Waals surface area contributed by atoms with Gasteiger partial charge in [-0.1, -0.05) is 0 Å². The highest BCUT2D eigenvalue weighted by Crippen LogP contribution is 2.11. The molecule has 2 unspecified atom stereocenters. The summed E-state index contributed by atoms with van der Waals surface area (Å²) in [4.78, 5) is 14.0. The van der Waals surface area contributed by atoms with Crippen molar-refractivity contribution in [2.45, 2.75) is 45.3 Å². The van der Waals surface area contributed by atoms with Crippen LogP contribution in [0.15, 0.2) is 0 Å². The van der Waals surface area contributed by atoms with E-state index in [4.69, 9.17) is 4.74 Å². The number of amides is 2. The Morgan fingerprint density at radius 2 is 2.18 bits per heavy atom. The highest BCUT2D eigenvalue weighted by molar-refractivity contribution is 5.74. The standard InChI is InChI=1S/C12H25N3O2/c1-9(2)15-6-5-11(7-15)14-12(16)13-10(3)8-17-4/h9-11H,5-8H2,1-4H3,(H2,13,14,16). The van der Waals surface area contributed by atoms with Crippen molar-refractivity contribution in [3.63, 3.8) is 0 Å². The van der Waals surface area contributed by atoms with Crippen molar-refractivity contribution in [1.82, 2.24) is 15.5 Å². The molecule has 1 fully saturated rings. The van der Waals surface area contributed by atoms with E-state index in [9.17, 15) is 4.79 Å². The zero-order valence-electron chi connectivity index (χ0n) is 11.3. The molecule has 0 aromatic carbocycles. The van der Waals surface area contributed by atoms with Crippen LogP contribution in [-0.2, 0) is 4.74 Å². The van der Waals surface area contributed by atoms with Gasteiger partial charge in [-0.25, -0.2) is 4.79 Å². The van der Waals surface area contributed by atoms with Crippen LogP contribution in [-0.4, -0.2) is 55.9 Å². The van der Waals surface area contributed by atoms with E-state index in [2.05, 4.69) is 29.4 Å². The third-order valence-electron chi connectivity index (χ3n) is 3.08. The zero-order chi connectivity index (χ0) is 12.8. The van der Waals surface area contributed by atoms with Gasteiger partial charge in [-0.05, 0) is 27.2 Å². The second kappa shape index (κ2) is 6.81. The fourth-order valence-electron chi connectivity index (χ4n) is 2.12. The van der Waals surface area contributed by atoms with Crippen molar-refractivity contribution in [2.75, 3.05) is 26.8 Å². The maximum absolute atomic E-state index is 11.7. The molecule has 0 spiro atoms. The molecule has 5 nitrogen and oxygen atoms in total. The molecule has 0 aromatic heterocycles. The molecule has 1 aliphatic heterocycles. The summed E-state index contributed by atoms with van der Waals surface area (Å²) >= 11 is 0. The van der Waals surface area contributed by atoms with Gasteiger partial charge in [-0.3, -0.25) is 4.90 Å². The van der Waals surface area contributed by atoms with Gasteiger partial charge in [0.1, 0.15) is 0 Å². The maximum Gasteiger partial charge on any atom is 0.315 e. The van der Waals surface area contributed by atoms with Crippen LogP contribution in [0.3, 0.4) is 0 Å². The average molecular weight is 243 g/mol. The molecule has 0 bridgehead atoms. The molecule has 0 radical (unpaired) electrons. The minimum atomic E-state index is -0.0924. The molecule has 1 saturated heterocycles. The van der Waals surface area contributed by atoms with Crippen LogP contribution in [0.5, 0.6) is 0 Å². The minimum absolute atomic E-state index is 0.0441. The summed E-state index contributed by atoms with van der Waals surface area (Å²) in [6.07, 6.45) is 1.03. The summed E-state index contributed by atoms with van der Waals surface area (Å²) in [6.45, 7) is 8.85. The maximum atomic E-state index is 11.7. The van der Waals surface area contributed by atoms with Gasteiger partial charge >= 0.3 is 6.03 Å². The molecule has 100 valence electrons. The number of rotatable bonds is 5. The van der Waals surface area contributed by atoms with Crippen LogP contribution >= 0.6 is 0 Å². The molecule has 17 heavy (non-hydrogen) atoms. The highest BCUT2D eigenvalue weighted by Gasteiger charge is 2.25. The third-order valence-corrected chi connectivity index (χ3v) is 3.08. The first-order valence-electron chi connectivity index (χ1n) is 6.33. The fourth-order valence-corrected chi connectivity index (χ4v) is 2.12. The first kappa shape index (κ1) is 14.3. The smallest absolute Gasteiger partial charge is 0.315 e. The van der Waals surface area contributed by atoms with Gasteiger partial charge in [-0.2, -0.15) is 0 Å². The summed E-state index contributed by atoms with van der Waals surface area (Å²) in [6, 6.07) is 0.775. The van der Waals surface area contributed by atoms with Crippen molar-refractivity contribution in [2.24, 2.45) is 0 Å². The van der Waals surface area contributed by atoms with Crippen molar-refractivity contribution in [3.8, 4) is 0 Å². The van der Waals surface area contributed by atoms with Crippen LogP contribution in [0.1, 0.15) is 27.2 Å². The Bertz CT molecular complexity index is 246. The Labute approximate surface area is 104 Å². The number of hydrogen-bond donors (Lipinski definition) is 2. The Balaban J connectivity index is 2.24. The van der Waals surface area contributed by atoms with Crippen molar-refractivity contribution < 1.29 is 9.53 Å². The summed E-state index contributed by atoms with van der Waals surface area (Å²) < 4.78 is 4.97. The van der Waals surface area contributed by atoms with Crippen LogP contribution in [0, 0.1) is 0 Å². The Hall–Kier alpha value is -0.810. The summed E-state index contributed by atoms with van der Waals surface area (Å²) in [7, 11) is 1.63. The normalized spacial score (nSPS) is 22.8. The van der Waals surface area contributed by atoms with Crippen LogP contribution in [0.2, 0.25) is 0 Å². The number of likely N-dealkylation sites (tertiary alicyclic amines) is 1. The highest BCUT2D eigenvalue weighted by atomic mass is 16.5. The molecule has 0 aliphatic carbocycles. The number of nitrogens with zero attached hydrogens (tertiary/aromatic N) is 1. The van der Waals surface area contributed by atoms with Crippen LogP contribution in [0.25, 0.3) is 0 Å². The van der Waals surface area contributed by atoms with E-state index in [1.165, 1.54) is 0 Å². The molecule has 0 aromatic rings. The largest absolute Gasteiger partial charge is 0.383 e. The Morgan fingerprint density at radius 3 is 2.71 bits per heavy atom. The molecule has 0 saturated carbocycles. The number of methoxy groups -OCH3 is 1. The monoisotopic (exact) mass is 243 g/mol. The lowest BCUT2D eigenvalue weighted by atomic mass is 10.3. The molecule has 1 rings (SSSR count). The second-order valence-corrected chi connectivity index (χ2v) is 5.05. The lowest BCUT2D eigenvalue weighted by molar-refractivity contribution is 0.170. The minimum Gasteiger partial charge on any atom is -0.383 e. The quantitative estimate of drug-likeness (QED) is 0.751. The fraction of sp³-hybridized carbons (Fsp3) is 0.917.